The molecule has 0 saturated heterocycles. The van der Waals surface area contributed by atoms with Gasteiger partial charge >= 0.3 is 0 Å². The number of halogens is 1. The maximum atomic E-state index is 3.75. The number of hydrogen-bond acceptors (Lipinski definition) is 0. The molecule has 1 heteroatoms. The van der Waals surface area contributed by atoms with Crippen molar-refractivity contribution in [3.63, 3.8) is 0 Å². The van der Waals surface area contributed by atoms with E-state index in [-0.39, 0.29) is 0 Å². The van der Waals surface area contributed by atoms with E-state index >= 15 is 0 Å². The van der Waals surface area contributed by atoms with Crippen LogP contribution < -0.4 is 0 Å². The number of fused-ring (bicyclic) bond motifs is 3. The van der Waals surface area contributed by atoms with Gasteiger partial charge in [-0.2, -0.15) is 0 Å². The van der Waals surface area contributed by atoms with Crippen LogP contribution in [0.15, 0.2) is 16.1 Å². The number of hydrogen-bond donors (Lipinski definition) is 0. The molecular formula is C15H17Br. The first-order valence-electron chi connectivity index (χ1n) is 6.32. The van der Waals surface area contributed by atoms with Crippen LogP contribution in [-0.4, -0.2) is 0 Å². The number of benzene rings is 1. The number of rotatable bonds is 1. The number of allylic oxidation sites excluding steroid dienone is 1. The Hall–Kier alpha value is -0.560. The van der Waals surface area contributed by atoms with Crippen LogP contribution in [0.5, 0.6) is 0 Å². The largest absolute Gasteiger partial charge is 0.0655 e. The summed E-state index contributed by atoms with van der Waals surface area (Å²) in [4.78, 5) is 0. The monoisotopic (exact) mass is 276 g/mol. The average molecular weight is 277 g/mol. The molecule has 0 N–H and O–H groups in total. The zero-order valence-electron chi connectivity index (χ0n) is 9.78. The third kappa shape index (κ3) is 1.57. The van der Waals surface area contributed by atoms with Crippen LogP contribution in [0, 0.1) is 0 Å². The summed E-state index contributed by atoms with van der Waals surface area (Å²) in [6, 6.07) is 2.36. The Kier molecular flexibility index (Phi) is 2.67. The van der Waals surface area contributed by atoms with Gasteiger partial charge < -0.3 is 0 Å². The van der Waals surface area contributed by atoms with Crippen LogP contribution in [0.3, 0.4) is 0 Å². The first-order valence-corrected chi connectivity index (χ1v) is 7.11. The average Bonchev–Trinajstić information content (AvgIpc) is 2.72. The van der Waals surface area contributed by atoms with Crippen molar-refractivity contribution >= 4 is 22.0 Å². The van der Waals surface area contributed by atoms with E-state index in [1.165, 1.54) is 43.0 Å². The van der Waals surface area contributed by atoms with E-state index in [2.05, 4.69) is 35.0 Å². The van der Waals surface area contributed by atoms with Crippen LogP contribution in [0.4, 0.5) is 0 Å². The molecule has 0 atom stereocenters. The van der Waals surface area contributed by atoms with Crippen molar-refractivity contribution in [2.24, 2.45) is 0 Å². The third-order valence-electron chi connectivity index (χ3n) is 3.95. The summed E-state index contributed by atoms with van der Waals surface area (Å²) in [7, 11) is 0. The summed E-state index contributed by atoms with van der Waals surface area (Å²) < 4.78 is 1.35. The zero-order chi connectivity index (χ0) is 11.1. The molecule has 0 aliphatic heterocycles. The van der Waals surface area contributed by atoms with Gasteiger partial charge in [0.2, 0.25) is 0 Å². The smallest absolute Gasteiger partial charge is 0.0213 e. The summed E-state index contributed by atoms with van der Waals surface area (Å²) in [6.07, 6.45) is 10.1. The molecule has 0 radical (unpaired) electrons. The second-order valence-corrected chi connectivity index (χ2v) is 5.78. The molecule has 0 bridgehead atoms. The van der Waals surface area contributed by atoms with Gasteiger partial charge in [-0.15, -0.1) is 0 Å². The van der Waals surface area contributed by atoms with Gasteiger partial charge in [-0.05, 0) is 66.8 Å². The Labute approximate surface area is 106 Å². The molecule has 16 heavy (non-hydrogen) atoms. The summed E-state index contributed by atoms with van der Waals surface area (Å²) >= 11 is 3.75. The molecule has 0 spiro atoms. The van der Waals surface area contributed by atoms with Gasteiger partial charge in [0.1, 0.15) is 0 Å². The molecule has 2 aliphatic rings. The minimum atomic E-state index is 1.18. The highest BCUT2D eigenvalue weighted by atomic mass is 79.9. The minimum absolute atomic E-state index is 1.18. The molecule has 0 nitrogen and oxygen atoms in total. The van der Waals surface area contributed by atoms with E-state index in [9.17, 15) is 0 Å². The fourth-order valence-electron chi connectivity index (χ4n) is 3.03. The Morgan fingerprint density at radius 3 is 2.69 bits per heavy atom. The Morgan fingerprint density at radius 1 is 1.19 bits per heavy atom. The topological polar surface area (TPSA) is 0 Å². The van der Waals surface area contributed by atoms with Crippen molar-refractivity contribution in [1.82, 2.24) is 0 Å². The highest BCUT2D eigenvalue weighted by molar-refractivity contribution is 9.10. The second-order valence-electron chi connectivity index (χ2n) is 4.93. The van der Waals surface area contributed by atoms with Crippen molar-refractivity contribution in [2.45, 2.75) is 45.4 Å². The Balaban J connectivity index is 2.17. The molecule has 0 saturated carbocycles. The van der Waals surface area contributed by atoms with Gasteiger partial charge in [0, 0.05) is 4.47 Å². The van der Waals surface area contributed by atoms with E-state index in [0.717, 1.165) is 0 Å². The molecule has 0 aromatic heterocycles. The Bertz CT molecular complexity index is 469. The maximum absolute atomic E-state index is 3.75. The Morgan fingerprint density at radius 2 is 1.94 bits per heavy atom. The normalized spacial score (nSPS) is 18.0. The first kappa shape index (κ1) is 10.6. The lowest BCUT2D eigenvalue weighted by molar-refractivity contribution is 0.681. The van der Waals surface area contributed by atoms with Crippen LogP contribution in [0.2, 0.25) is 0 Å². The fourth-order valence-corrected chi connectivity index (χ4v) is 3.74. The molecule has 2 aliphatic carbocycles. The van der Waals surface area contributed by atoms with Crippen LogP contribution in [-0.2, 0) is 19.3 Å². The van der Waals surface area contributed by atoms with Crippen molar-refractivity contribution in [3.05, 3.63) is 38.4 Å². The minimum Gasteiger partial charge on any atom is -0.0655 e. The van der Waals surface area contributed by atoms with Gasteiger partial charge in [0.25, 0.3) is 0 Å². The summed E-state index contributed by atoms with van der Waals surface area (Å²) in [5.41, 5.74) is 7.93. The molecule has 1 aromatic carbocycles. The third-order valence-corrected chi connectivity index (χ3v) is 4.66. The van der Waals surface area contributed by atoms with E-state index in [1.807, 2.05) is 0 Å². The molecule has 0 heterocycles. The SMILES string of the molecule is CCC1=Cc2c(cc(Br)c3c2CCCC3)C1. The van der Waals surface area contributed by atoms with Crippen LogP contribution >= 0.6 is 15.9 Å². The molecule has 0 amide bonds. The van der Waals surface area contributed by atoms with E-state index in [4.69, 9.17) is 0 Å². The van der Waals surface area contributed by atoms with Crippen molar-refractivity contribution in [2.75, 3.05) is 0 Å². The second kappa shape index (κ2) is 4.03. The predicted octanol–water partition coefficient (Wildman–Crippen LogP) is 4.68. The lowest BCUT2D eigenvalue weighted by atomic mass is 9.87. The molecule has 0 unspecified atom stereocenters. The van der Waals surface area contributed by atoms with Gasteiger partial charge in [0.05, 0.1) is 0 Å². The lowest BCUT2D eigenvalue weighted by Crippen LogP contribution is -2.06. The quantitative estimate of drug-likeness (QED) is 0.699. The predicted molar refractivity (Wildman–Crippen MR) is 72.8 cm³/mol. The van der Waals surface area contributed by atoms with Crippen LogP contribution in [0.25, 0.3) is 6.08 Å². The van der Waals surface area contributed by atoms with E-state index in [0.29, 0.717) is 0 Å². The maximum Gasteiger partial charge on any atom is 0.0213 e. The molecule has 3 rings (SSSR count). The van der Waals surface area contributed by atoms with Gasteiger partial charge in [0.15, 0.2) is 0 Å². The zero-order valence-corrected chi connectivity index (χ0v) is 11.4. The molecular weight excluding hydrogens is 260 g/mol. The molecule has 84 valence electrons. The van der Waals surface area contributed by atoms with Gasteiger partial charge in [-0.1, -0.05) is 34.5 Å². The summed E-state index contributed by atoms with van der Waals surface area (Å²) in [5.74, 6) is 0. The fraction of sp³-hybridized carbons (Fsp3) is 0.467. The molecule has 0 fully saturated rings. The van der Waals surface area contributed by atoms with Crippen molar-refractivity contribution in [3.8, 4) is 0 Å². The van der Waals surface area contributed by atoms with Crippen molar-refractivity contribution in [1.29, 1.82) is 0 Å². The van der Waals surface area contributed by atoms with Gasteiger partial charge in [-0.3, -0.25) is 0 Å². The first-order chi connectivity index (χ1) is 7.79. The summed E-state index contributed by atoms with van der Waals surface area (Å²) in [5, 5.41) is 0. The van der Waals surface area contributed by atoms with Crippen molar-refractivity contribution < 1.29 is 0 Å². The standard InChI is InChI=1S/C15H17Br/c1-2-10-7-11-9-15(16)13-6-4-3-5-12(13)14(11)8-10/h8-9H,2-7H2,1H3. The van der Waals surface area contributed by atoms with E-state index in [1.54, 1.807) is 27.8 Å². The lowest BCUT2D eigenvalue weighted by Gasteiger charge is -2.20. The highest BCUT2D eigenvalue weighted by Crippen LogP contribution is 2.38. The van der Waals surface area contributed by atoms with Crippen LogP contribution in [0.1, 0.15) is 48.4 Å². The van der Waals surface area contributed by atoms with E-state index < -0.39 is 0 Å². The molecule has 1 aromatic rings. The van der Waals surface area contributed by atoms with Gasteiger partial charge in [-0.25, -0.2) is 0 Å². The summed E-state index contributed by atoms with van der Waals surface area (Å²) in [6.45, 7) is 2.26. The highest BCUT2D eigenvalue weighted by Gasteiger charge is 2.21.